The van der Waals surface area contributed by atoms with Crippen LogP contribution in [0.5, 0.6) is 5.75 Å². The molecule has 5 nitrogen and oxygen atoms in total. The summed E-state index contributed by atoms with van der Waals surface area (Å²) in [6, 6.07) is 14.4. The number of rotatable bonds is 6. The molecular formula is C22H24FN3O2. The van der Waals surface area contributed by atoms with Gasteiger partial charge in [0.05, 0.1) is 25.8 Å². The molecule has 1 aliphatic rings. The average Bonchev–Trinajstić information content (AvgIpc) is 2.73. The Morgan fingerprint density at radius 2 is 2.00 bits per heavy atom. The van der Waals surface area contributed by atoms with Gasteiger partial charge in [-0.15, -0.1) is 0 Å². The third-order valence-electron chi connectivity index (χ3n) is 4.99. The van der Waals surface area contributed by atoms with Crippen molar-refractivity contribution in [2.75, 3.05) is 51.8 Å². The summed E-state index contributed by atoms with van der Waals surface area (Å²) in [5.74, 6) is 1.28. The number of halogens is 1. The molecule has 1 fully saturated rings. The predicted octanol–water partition coefficient (Wildman–Crippen LogP) is 3.79. The topological polar surface area (TPSA) is 46.6 Å². The van der Waals surface area contributed by atoms with Crippen LogP contribution in [0, 0.1) is 5.82 Å². The molecule has 0 atom stereocenters. The Balaban J connectivity index is 1.64. The maximum absolute atomic E-state index is 13.8. The van der Waals surface area contributed by atoms with Crippen molar-refractivity contribution in [2.24, 2.45) is 0 Å². The zero-order valence-corrected chi connectivity index (χ0v) is 16.0. The van der Waals surface area contributed by atoms with Gasteiger partial charge in [-0.2, -0.15) is 0 Å². The molecule has 1 saturated heterocycles. The Labute approximate surface area is 164 Å². The van der Waals surface area contributed by atoms with Gasteiger partial charge in [0.1, 0.15) is 17.4 Å². The number of methoxy groups -OCH3 is 1. The second-order valence-electron chi connectivity index (χ2n) is 6.83. The quantitative estimate of drug-likeness (QED) is 0.704. The highest BCUT2D eigenvalue weighted by molar-refractivity contribution is 5.96. The van der Waals surface area contributed by atoms with Gasteiger partial charge < -0.3 is 14.8 Å². The highest BCUT2D eigenvalue weighted by Crippen LogP contribution is 2.32. The summed E-state index contributed by atoms with van der Waals surface area (Å²) < 4.78 is 24.6. The molecule has 6 heteroatoms. The van der Waals surface area contributed by atoms with Crippen molar-refractivity contribution in [3.63, 3.8) is 0 Å². The highest BCUT2D eigenvalue weighted by atomic mass is 19.1. The molecule has 4 rings (SSSR count). The Morgan fingerprint density at radius 1 is 1.14 bits per heavy atom. The normalized spacial score (nSPS) is 14.9. The molecule has 146 valence electrons. The fourth-order valence-corrected chi connectivity index (χ4v) is 3.48. The standard InChI is InChI=1S/C22H24FN3O2/c1-27-18-5-6-21-20(14-18)19(16-3-2-4-17(23)13-16)15-22(25-21)24-7-8-26-9-11-28-12-10-26/h2-6,13-15H,7-12H2,1H3,(H,24,25). The number of pyridine rings is 1. The Kier molecular flexibility index (Phi) is 5.69. The molecule has 0 unspecified atom stereocenters. The van der Waals surface area contributed by atoms with Crippen LogP contribution < -0.4 is 10.1 Å². The third kappa shape index (κ3) is 4.24. The number of hydrogen-bond acceptors (Lipinski definition) is 5. The molecule has 2 heterocycles. The van der Waals surface area contributed by atoms with Crippen LogP contribution in [0.1, 0.15) is 0 Å². The summed E-state index contributed by atoms with van der Waals surface area (Å²) in [6.07, 6.45) is 0. The summed E-state index contributed by atoms with van der Waals surface area (Å²) in [4.78, 5) is 7.11. The number of hydrogen-bond donors (Lipinski definition) is 1. The maximum atomic E-state index is 13.8. The lowest BCUT2D eigenvalue weighted by molar-refractivity contribution is 0.0398. The lowest BCUT2D eigenvalue weighted by atomic mass is 10.0. The van der Waals surface area contributed by atoms with Gasteiger partial charge in [-0.05, 0) is 47.5 Å². The molecule has 2 aromatic carbocycles. The van der Waals surface area contributed by atoms with Gasteiger partial charge >= 0.3 is 0 Å². The molecule has 0 bridgehead atoms. The number of anilines is 1. The predicted molar refractivity (Wildman–Crippen MR) is 109 cm³/mol. The van der Waals surface area contributed by atoms with Gasteiger partial charge in [0.25, 0.3) is 0 Å². The van der Waals surface area contributed by atoms with E-state index in [0.717, 1.165) is 73.0 Å². The first-order valence-corrected chi connectivity index (χ1v) is 9.51. The van der Waals surface area contributed by atoms with E-state index in [1.807, 2.05) is 30.3 Å². The molecule has 0 amide bonds. The van der Waals surface area contributed by atoms with Crippen molar-refractivity contribution in [2.45, 2.75) is 0 Å². The van der Waals surface area contributed by atoms with Gasteiger partial charge in [0.15, 0.2) is 0 Å². The number of nitrogens with one attached hydrogen (secondary N) is 1. The minimum Gasteiger partial charge on any atom is -0.497 e. The zero-order valence-electron chi connectivity index (χ0n) is 16.0. The molecule has 1 N–H and O–H groups in total. The summed E-state index contributed by atoms with van der Waals surface area (Å²) in [5, 5.41) is 4.35. The minimum absolute atomic E-state index is 0.257. The van der Waals surface area contributed by atoms with Crippen molar-refractivity contribution in [3.05, 3.63) is 54.3 Å². The molecule has 0 radical (unpaired) electrons. The second kappa shape index (κ2) is 8.54. The average molecular weight is 381 g/mol. The number of morpholine rings is 1. The van der Waals surface area contributed by atoms with Crippen LogP contribution in [-0.4, -0.2) is 56.4 Å². The van der Waals surface area contributed by atoms with Crippen LogP contribution in [0.4, 0.5) is 10.2 Å². The summed E-state index contributed by atoms with van der Waals surface area (Å²) in [6.45, 7) is 5.22. The number of fused-ring (bicyclic) bond motifs is 1. The van der Waals surface area contributed by atoms with Crippen LogP contribution in [0.25, 0.3) is 22.0 Å². The van der Waals surface area contributed by atoms with E-state index in [9.17, 15) is 4.39 Å². The molecule has 0 aliphatic carbocycles. The Hall–Kier alpha value is -2.70. The van der Waals surface area contributed by atoms with E-state index >= 15 is 0 Å². The number of ether oxygens (including phenoxy) is 2. The molecule has 3 aromatic rings. The lowest BCUT2D eigenvalue weighted by Crippen LogP contribution is -2.39. The third-order valence-corrected chi connectivity index (χ3v) is 4.99. The van der Waals surface area contributed by atoms with Crippen molar-refractivity contribution in [3.8, 4) is 16.9 Å². The van der Waals surface area contributed by atoms with Crippen molar-refractivity contribution >= 4 is 16.7 Å². The van der Waals surface area contributed by atoms with Crippen LogP contribution in [0.15, 0.2) is 48.5 Å². The first kappa shape index (κ1) is 18.7. The van der Waals surface area contributed by atoms with Gasteiger partial charge in [0.2, 0.25) is 0 Å². The van der Waals surface area contributed by atoms with E-state index < -0.39 is 0 Å². The summed E-state index contributed by atoms with van der Waals surface area (Å²) >= 11 is 0. The SMILES string of the molecule is COc1ccc2nc(NCCN3CCOCC3)cc(-c3cccc(F)c3)c2c1. The monoisotopic (exact) mass is 381 g/mol. The van der Waals surface area contributed by atoms with Gasteiger partial charge in [-0.25, -0.2) is 9.37 Å². The van der Waals surface area contributed by atoms with Crippen molar-refractivity contribution < 1.29 is 13.9 Å². The van der Waals surface area contributed by atoms with Crippen molar-refractivity contribution in [1.82, 2.24) is 9.88 Å². The number of aromatic nitrogens is 1. The van der Waals surface area contributed by atoms with Crippen LogP contribution in [0.3, 0.4) is 0 Å². The second-order valence-corrected chi connectivity index (χ2v) is 6.83. The van der Waals surface area contributed by atoms with E-state index in [-0.39, 0.29) is 5.82 Å². The molecule has 0 spiro atoms. The first-order chi connectivity index (χ1) is 13.7. The van der Waals surface area contributed by atoms with E-state index in [1.54, 1.807) is 19.2 Å². The van der Waals surface area contributed by atoms with E-state index in [2.05, 4.69) is 10.2 Å². The van der Waals surface area contributed by atoms with Gasteiger partial charge in [-0.3, -0.25) is 4.90 Å². The summed E-state index contributed by atoms with van der Waals surface area (Å²) in [5.41, 5.74) is 2.59. The first-order valence-electron chi connectivity index (χ1n) is 9.51. The molecule has 1 aromatic heterocycles. The van der Waals surface area contributed by atoms with E-state index in [1.165, 1.54) is 6.07 Å². The fraction of sp³-hybridized carbons (Fsp3) is 0.318. The van der Waals surface area contributed by atoms with Gasteiger partial charge in [-0.1, -0.05) is 12.1 Å². The minimum atomic E-state index is -0.257. The van der Waals surface area contributed by atoms with Crippen LogP contribution >= 0.6 is 0 Å². The lowest BCUT2D eigenvalue weighted by Gasteiger charge is -2.26. The fourth-order valence-electron chi connectivity index (χ4n) is 3.48. The molecule has 28 heavy (non-hydrogen) atoms. The van der Waals surface area contributed by atoms with E-state index in [0.29, 0.717) is 0 Å². The van der Waals surface area contributed by atoms with Crippen LogP contribution in [-0.2, 0) is 4.74 Å². The van der Waals surface area contributed by atoms with Crippen molar-refractivity contribution in [1.29, 1.82) is 0 Å². The maximum Gasteiger partial charge on any atom is 0.127 e. The highest BCUT2D eigenvalue weighted by Gasteiger charge is 2.12. The van der Waals surface area contributed by atoms with Gasteiger partial charge in [0, 0.05) is 31.6 Å². The van der Waals surface area contributed by atoms with E-state index in [4.69, 9.17) is 14.5 Å². The molecule has 0 saturated carbocycles. The Morgan fingerprint density at radius 3 is 2.79 bits per heavy atom. The zero-order chi connectivity index (χ0) is 19.3. The molecular weight excluding hydrogens is 357 g/mol. The summed E-state index contributed by atoms with van der Waals surface area (Å²) in [7, 11) is 1.64. The number of nitrogens with zero attached hydrogens (tertiary/aromatic N) is 2. The van der Waals surface area contributed by atoms with Crippen LogP contribution in [0.2, 0.25) is 0 Å². The Bertz CT molecular complexity index is 958. The molecule has 1 aliphatic heterocycles. The largest absolute Gasteiger partial charge is 0.497 e. The number of benzene rings is 2. The smallest absolute Gasteiger partial charge is 0.127 e.